The van der Waals surface area contributed by atoms with E-state index in [0.29, 0.717) is 11.3 Å². The van der Waals surface area contributed by atoms with Gasteiger partial charge in [-0.15, -0.1) is 0 Å². The Labute approximate surface area is 141 Å². The van der Waals surface area contributed by atoms with E-state index in [2.05, 4.69) is 15.9 Å². The molecule has 2 aromatic rings. The van der Waals surface area contributed by atoms with Crippen LogP contribution in [0.5, 0.6) is 0 Å². The second kappa shape index (κ2) is 5.71. The Morgan fingerprint density at radius 3 is 2.09 bits per heavy atom. The van der Waals surface area contributed by atoms with Gasteiger partial charge in [-0.1, -0.05) is 57.4 Å². The number of halogens is 2. The number of hydrogen-bond acceptors (Lipinski definition) is 2. The van der Waals surface area contributed by atoms with E-state index >= 15 is 0 Å². The molecule has 0 radical (unpaired) electrons. The van der Waals surface area contributed by atoms with Gasteiger partial charge in [0.05, 0.1) is 11.3 Å². The molecule has 0 aliphatic carbocycles. The highest BCUT2D eigenvalue weighted by Crippen LogP contribution is 2.35. The number of nitrogens with zero attached hydrogens (tertiary/aromatic N) is 1. The lowest BCUT2D eigenvalue weighted by atomic mass is 10.0. The van der Waals surface area contributed by atoms with Gasteiger partial charge in [0.25, 0.3) is 11.8 Å². The van der Waals surface area contributed by atoms with Crippen LogP contribution in [0.4, 0.5) is 5.69 Å². The molecule has 1 heterocycles. The SMILES string of the molecule is Cc1ccc(C2=C(Cl)C(=O)N(c3ccc(Br)cc3)C2=O)cc1. The van der Waals surface area contributed by atoms with Crippen molar-refractivity contribution in [1.82, 2.24) is 0 Å². The van der Waals surface area contributed by atoms with E-state index in [1.54, 1.807) is 36.4 Å². The van der Waals surface area contributed by atoms with Gasteiger partial charge in [-0.25, -0.2) is 4.90 Å². The summed E-state index contributed by atoms with van der Waals surface area (Å²) in [5, 5.41) is -0.0447. The fourth-order valence-corrected chi connectivity index (χ4v) is 2.84. The van der Waals surface area contributed by atoms with Crippen LogP contribution in [0.15, 0.2) is 58.0 Å². The van der Waals surface area contributed by atoms with E-state index < -0.39 is 11.8 Å². The number of hydrogen-bond donors (Lipinski definition) is 0. The summed E-state index contributed by atoms with van der Waals surface area (Å²) < 4.78 is 0.869. The minimum Gasteiger partial charge on any atom is -0.268 e. The molecule has 0 saturated carbocycles. The second-order valence-corrected chi connectivity index (χ2v) is 6.27. The van der Waals surface area contributed by atoms with Crippen LogP contribution in [-0.2, 0) is 9.59 Å². The summed E-state index contributed by atoms with van der Waals surface area (Å²) in [6.07, 6.45) is 0. The summed E-state index contributed by atoms with van der Waals surface area (Å²) in [5.41, 5.74) is 2.46. The molecule has 0 aromatic heterocycles. The molecule has 0 saturated heterocycles. The van der Waals surface area contributed by atoms with Gasteiger partial charge in [-0.2, -0.15) is 0 Å². The number of aryl methyl sites for hydroxylation is 1. The molecule has 0 unspecified atom stereocenters. The average Bonchev–Trinajstić information content (AvgIpc) is 2.72. The summed E-state index contributed by atoms with van der Waals surface area (Å²) in [6.45, 7) is 1.95. The van der Waals surface area contributed by atoms with Crippen molar-refractivity contribution in [3.8, 4) is 0 Å². The topological polar surface area (TPSA) is 37.4 Å². The third-order valence-electron chi connectivity index (χ3n) is 3.45. The van der Waals surface area contributed by atoms with E-state index in [-0.39, 0.29) is 10.6 Å². The van der Waals surface area contributed by atoms with Crippen LogP contribution in [0.2, 0.25) is 0 Å². The molecule has 5 heteroatoms. The molecule has 0 fully saturated rings. The van der Waals surface area contributed by atoms with E-state index in [4.69, 9.17) is 11.6 Å². The first-order valence-corrected chi connectivity index (χ1v) is 7.77. The number of carbonyl (C=O) groups excluding carboxylic acids is 2. The number of rotatable bonds is 2. The highest BCUT2D eigenvalue weighted by atomic mass is 79.9. The van der Waals surface area contributed by atoms with Crippen molar-refractivity contribution in [2.45, 2.75) is 6.92 Å². The monoisotopic (exact) mass is 375 g/mol. The first kappa shape index (κ1) is 15.0. The summed E-state index contributed by atoms with van der Waals surface area (Å²) >= 11 is 9.46. The molecule has 0 atom stereocenters. The Balaban J connectivity index is 2.03. The van der Waals surface area contributed by atoms with Crippen molar-refractivity contribution in [3.05, 3.63) is 69.2 Å². The quantitative estimate of drug-likeness (QED) is 0.734. The zero-order valence-electron chi connectivity index (χ0n) is 11.6. The molecule has 2 aromatic carbocycles. The number of anilines is 1. The maximum atomic E-state index is 12.6. The van der Waals surface area contributed by atoms with Crippen LogP contribution >= 0.6 is 27.5 Å². The highest BCUT2D eigenvalue weighted by Gasteiger charge is 2.39. The summed E-state index contributed by atoms with van der Waals surface area (Å²) in [5.74, 6) is -0.897. The molecule has 0 bridgehead atoms. The number of amides is 2. The van der Waals surface area contributed by atoms with Crippen LogP contribution in [0.25, 0.3) is 5.57 Å². The van der Waals surface area contributed by atoms with Gasteiger partial charge in [0, 0.05) is 4.47 Å². The fourth-order valence-electron chi connectivity index (χ4n) is 2.30. The maximum Gasteiger partial charge on any atom is 0.277 e. The minimum absolute atomic E-state index is 0.0447. The van der Waals surface area contributed by atoms with Gasteiger partial charge in [0.15, 0.2) is 0 Å². The van der Waals surface area contributed by atoms with Crippen molar-refractivity contribution in [1.29, 1.82) is 0 Å². The van der Waals surface area contributed by atoms with Crippen molar-refractivity contribution < 1.29 is 9.59 Å². The van der Waals surface area contributed by atoms with Crippen molar-refractivity contribution in [2.24, 2.45) is 0 Å². The van der Waals surface area contributed by atoms with Crippen LogP contribution in [0.3, 0.4) is 0 Å². The lowest BCUT2D eigenvalue weighted by molar-refractivity contribution is -0.119. The first-order chi connectivity index (χ1) is 10.5. The fraction of sp³-hybridized carbons (Fsp3) is 0.0588. The standard InChI is InChI=1S/C17H11BrClNO2/c1-10-2-4-11(5-3-10)14-15(19)17(22)20(16(14)21)13-8-6-12(18)7-9-13/h2-9H,1H3. The molecular weight excluding hydrogens is 366 g/mol. The number of carbonyl (C=O) groups is 2. The normalized spacial score (nSPS) is 15.0. The van der Waals surface area contributed by atoms with Crippen LogP contribution in [-0.4, -0.2) is 11.8 Å². The first-order valence-electron chi connectivity index (χ1n) is 6.60. The lowest BCUT2D eigenvalue weighted by Gasteiger charge is -2.14. The highest BCUT2D eigenvalue weighted by molar-refractivity contribution is 9.10. The molecule has 22 heavy (non-hydrogen) atoms. The van der Waals surface area contributed by atoms with Gasteiger partial charge in [0.1, 0.15) is 5.03 Å². The lowest BCUT2D eigenvalue weighted by Crippen LogP contribution is -2.31. The predicted molar refractivity (Wildman–Crippen MR) is 90.6 cm³/mol. The number of benzene rings is 2. The van der Waals surface area contributed by atoms with Gasteiger partial charge in [0.2, 0.25) is 0 Å². The van der Waals surface area contributed by atoms with Crippen molar-refractivity contribution >= 4 is 50.6 Å². The Morgan fingerprint density at radius 1 is 0.909 bits per heavy atom. The molecule has 3 nitrogen and oxygen atoms in total. The molecule has 1 aliphatic rings. The van der Waals surface area contributed by atoms with E-state index in [9.17, 15) is 9.59 Å². The number of imide groups is 1. The smallest absolute Gasteiger partial charge is 0.268 e. The predicted octanol–water partition coefficient (Wildman–Crippen LogP) is 4.28. The maximum absolute atomic E-state index is 12.6. The zero-order valence-corrected chi connectivity index (χ0v) is 14.0. The Bertz CT molecular complexity index is 794. The third-order valence-corrected chi connectivity index (χ3v) is 4.33. The Morgan fingerprint density at radius 2 is 1.50 bits per heavy atom. The average molecular weight is 377 g/mol. The summed E-state index contributed by atoms with van der Waals surface area (Å²) in [6, 6.07) is 14.3. The molecular formula is C17H11BrClNO2. The van der Waals surface area contributed by atoms with E-state index in [0.717, 1.165) is 14.9 Å². The van der Waals surface area contributed by atoms with Crippen LogP contribution < -0.4 is 4.90 Å². The van der Waals surface area contributed by atoms with Crippen molar-refractivity contribution in [2.75, 3.05) is 4.90 Å². The molecule has 3 rings (SSSR count). The van der Waals surface area contributed by atoms with Gasteiger partial charge in [-0.3, -0.25) is 9.59 Å². The molecule has 110 valence electrons. The summed E-state index contributed by atoms with van der Waals surface area (Å²) in [7, 11) is 0. The van der Waals surface area contributed by atoms with Crippen LogP contribution in [0.1, 0.15) is 11.1 Å². The summed E-state index contributed by atoms with van der Waals surface area (Å²) in [4.78, 5) is 26.1. The van der Waals surface area contributed by atoms with Gasteiger partial charge in [-0.05, 0) is 36.8 Å². The Kier molecular flexibility index (Phi) is 3.89. The molecule has 0 spiro atoms. The van der Waals surface area contributed by atoms with Crippen LogP contribution in [0, 0.1) is 6.92 Å². The molecule has 2 amide bonds. The molecule has 0 N–H and O–H groups in total. The van der Waals surface area contributed by atoms with Crippen molar-refractivity contribution in [3.63, 3.8) is 0 Å². The zero-order chi connectivity index (χ0) is 15.9. The molecule has 1 aliphatic heterocycles. The third kappa shape index (κ3) is 2.49. The van der Waals surface area contributed by atoms with E-state index in [1.807, 2.05) is 19.1 Å². The van der Waals surface area contributed by atoms with Gasteiger partial charge < -0.3 is 0 Å². The van der Waals surface area contributed by atoms with Gasteiger partial charge >= 0.3 is 0 Å². The minimum atomic E-state index is -0.496. The van der Waals surface area contributed by atoms with E-state index in [1.165, 1.54) is 0 Å². The Hall–Kier alpha value is -1.91. The largest absolute Gasteiger partial charge is 0.277 e. The second-order valence-electron chi connectivity index (χ2n) is 4.98.